The first kappa shape index (κ1) is 7.54. The van der Waals surface area contributed by atoms with Crippen LogP contribution in [0.4, 0.5) is 0 Å². The lowest BCUT2D eigenvalue weighted by molar-refractivity contribution is 0.591. The van der Waals surface area contributed by atoms with E-state index in [0.29, 0.717) is 10.6 Å². The Labute approximate surface area is 124 Å². The molecule has 1 aliphatic heterocycles. The molecule has 0 bridgehead atoms. The van der Waals surface area contributed by atoms with Crippen LogP contribution in [0.15, 0.2) is 42.5 Å². The fourth-order valence-electron chi connectivity index (χ4n) is 1.92. The van der Waals surface area contributed by atoms with E-state index in [1.165, 1.54) is 12.1 Å². The molecular formula is C15H13Cl2N. The third-order valence-electron chi connectivity index (χ3n) is 2.79. The van der Waals surface area contributed by atoms with Gasteiger partial charge in [0.1, 0.15) is 0 Å². The van der Waals surface area contributed by atoms with E-state index in [1.807, 2.05) is 0 Å². The van der Waals surface area contributed by atoms with Gasteiger partial charge in [0.2, 0.25) is 0 Å². The predicted molar refractivity (Wildman–Crippen MR) is 76.5 cm³/mol. The van der Waals surface area contributed by atoms with E-state index >= 15 is 0 Å². The summed E-state index contributed by atoms with van der Waals surface area (Å²) in [5.74, 6) is -1.87. The summed E-state index contributed by atoms with van der Waals surface area (Å²) in [5.41, 5.74) is 0.788. The van der Waals surface area contributed by atoms with Crippen LogP contribution >= 0.6 is 23.2 Å². The summed E-state index contributed by atoms with van der Waals surface area (Å²) in [4.78, 5) is 0. The lowest BCUT2D eigenvalue weighted by Crippen LogP contribution is -2.28. The molecule has 2 aromatic rings. The number of hydrogen-bond acceptors (Lipinski definition) is 1. The molecule has 92 valence electrons. The van der Waals surface area contributed by atoms with Gasteiger partial charge in [0.15, 0.2) is 0 Å². The average molecular weight is 283 g/mol. The summed E-state index contributed by atoms with van der Waals surface area (Å²) in [6, 6.07) is 11.0. The topological polar surface area (TPSA) is 12.0 Å². The Kier molecular flexibility index (Phi) is 2.06. The second-order valence-electron chi connectivity index (χ2n) is 3.92. The Morgan fingerprint density at radius 2 is 2.00 bits per heavy atom. The summed E-state index contributed by atoms with van der Waals surface area (Å²) in [6.45, 7) is -4.44. The van der Waals surface area contributed by atoms with Gasteiger partial charge < -0.3 is 5.32 Å². The molecule has 0 radical (unpaired) electrons. The van der Waals surface area contributed by atoms with Gasteiger partial charge in [-0.3, -0.25) is 0 Å². The minimum absolute atomic E-state index is 0.220. The highest BCUT2D eigenvalue weighted by Gasteiger charge is 2.21. The van der Waals surface area contributed by atoms with E-state index in [1.54, 1.807) is 30.3 Å². The molecule has 0 saturated heterocycles. The molecule has 18 heavy (non-hydrogen) atoms. The largest absolute Gasteiger partial charge is 0.312 e. The van der Waals surface area contributed by atoms with Crippen LogP contribution in [0.3, 0.4) is 0 Å². The van der Waals surface area contributed by atoms with Crippen molar-refractivity contribution < 1.29 is 6.85 Å². The molecule has 3 heteroatoms. The highest BCUT2D eigenvalue weighted by atomic mass is 35.5. The van der Waals surface area contributed by atoms with Crippen LogP contribution < -0.4 is 5.32 Å². The van der Waals surface area contributed by atoms with E-state index in [2.05, 4.69) is 5.32 Å². The maximum atomic E-state index is 8.88. The van der Waals surface area contributed by atoms with Gasteiger partial charge in [-0.2, -0.15) is 0 Å². The smallest absolute Gasteiger partial charge is 0.0595 e. The zero-order chi connectivity index (χ0) is 17.0. The van der Waals surface area contributed by atoms with Gasteiger partial charge in [0.25, 0.3) is 0 Å². The second-order valence-corrected chi connectivity index (χ2v) is 4.74. The molecular weight excluding hydrogens is 265 g/mol. The SMILES string of the molecule is [2H]C1([2H])NC([2H])([2H])C([2H])(c2ccc(Cl)c(Cl)c2)c2ccccc21. The molecule has 1 atom stereocenters. The van der Waals surface area contributed by atoms with E-state index in [9.17, 15) is 0 Å². The van der Waals surface area contributed by atoms with Gasteiger partial charge in [-0.25, -0.2) is 0 Å². The van der Waals surface area contributed by atoms with Crippen molar-refractivity contribution in [1.82, 2.24) is 5.32 Å². The van der Waals surface area contributed by atoms with Gasteiger partial charge in [0.05, 0.1) is 10.0 Å². The van der Waals surface area contributed by atoms with E-state index in [-0.39, 0.29) is 16.1 Å². The number of nitrogens with one attached hydrogen (secondary N) is 1. The molecule has 2 aromatic carbocycles. The van der Waals surface area contributed by atoms with Crippen LogP contribution in [0.1, 0.15) is 29.4 Å². The minimum atomic E-state index is -2.36. The van der Waals surface area contributed by atoms with Crippen molar-refractivity contribution in [3.05, 3.63) is 69.2 Å². The van der Waals surface area contributed by atoms with E-state index in [0.717, 1.165) is 0 Å². The van der Waals surface area contributed by atoms with Crippen LogP contribution in [-0.4, -0.2) is 6.50 Å². The number of rotatable bonds is 1. The molecule has 1 N–H and O–H groups in total. The normalized spacial score (nSPS) is 32.2. The van der Waals surface area contributed by atoms with Crippen LogP contribution in [0.2, 0.25) is 10.0 Å². The fraction of sp³-hybridized carbons (Fsp3) is 0.200. The lowest BCUT2D eigenvalue weighted by Gasteiger charge is -2.27. The van der Waals surface area contributed by atoms with E-state index in [4.69, 9.17) is 30.1 Å². The predicted octanol–water partition coefficient (Wildman–Crippen LogP) is 4.23. The van der Waals surface area contributed by atoms with Gasteiger partial charge >= 0.3 is 0 Å². The average Bonchev–Trinajstić information content (AvgIpc) is 2.47. The summed E-state index contributed by atoms with van der Waals surface area (Å²) in [5, 5.41) is 2.85. The quantitative estimate of drug-likeness (QED) is 0.826. The van der Waals surface area contributed by atoms with Crippen molar-refractivity contribution in [3.63, 3.8) is 0 Å². The van der Waals surface area contributed by atoms with Crippen molar-refractivity contribution in [2.45, 2.75) is 12.4 Å². The van der Waals surface area contributed by atoms with Crippen LogP contribution in [0.5, 0.6) is 0 Å². The number of halogens is 2. The third kappa shape index (κ3) is 2.14. The second kappa shape index (κ2) is 4.93. The first-order valence-corrected chi connectivity index (χ1v) is 6.20. The highest BCUT2D eigenvalue weighted by Crippen LogP contribution is 2.33. The number of fused-ring (bicyclic) bond motifs is 1. The molecule has 1 heterocycles. The molecule has 1 nitrogen and oxygen atoms in total. The zero-order valence-electron chi connectivity index (χ0n) is 14.3. The van der Waals surface area contributed by atoms with Crippen molar-refractivity contribution >= 4 is 23.2 Å². The lowest BCUT2D eigenvalue weighted by atomic mass is 9.86. The van der Waals surface area contributed by atoms with E-state index < -0.39 is 18.9 Å². The molecule has 1 aliphatic rings. The van der Waals surface area contributed by atoms with Crippen molar-refractivity contribution in [2.24, 2.45) is 0 Å². The van der Waals surface area contributed by atoms with Crippen molar-refractivity contribution in [2.75, 3.05) is 6.50 Å². The molecule has 0 aromatic heterocycles. The van der Waals surface area contributed by atoms with Crippen molar-refractivity contribution in [1.29, 1.82) is 0 Å². The molecule has 3 rings (SSSR count). The Morgan fingerprint density at radius 3 is 2.83 bits per heavy atom. The molecule has 0 aliphatic carbocycles. The Hall–Kier alpha value is -1.02. The van der Waals surface area contributed by atoms with Gasteiger partial charge in [-0.05, 0) is 28.8 Å². The summed E-state index contributed by atoms with van der Waals surface area (Å²) < 4.78 is 41.6. The van der Waals surface area contributed by atoms with Gasteiger partial charge in [0, 0.05) is 25.7 Å². The Bertz CT molecular complexity index is 780. The summed E-state index contributed by atoms with van der Waals surface area (Å²) >= 11 is 12.0. The maximum absolute atomic E-state index is 8.88. The maximum Gasteiger partial charge on any atom is 0.0595 e. The first-order valence-electron chi connectivity index (χ1n) is 7.94. The highest BCUT2D eigenvalue weighted by molar-refractivity contribution is 6.42. The Balaban J connectivity index is 2.33. The molecule has 1 unspecified atom stereocenters. The van der Waals surface area contributed by atoms with Crippen LogP contribution in [0, 0.1) is 0 Å². The summed E-state index contributed by atoms with van der Waals surface area (Å²) in [7, 11) is 0. The third-order valence-corrected chi connectivity index (χ3v) is 3.53. The minimum Gasteiger partial charge on any atom is -0.312 e. The fourth-order valence-corrected chi connectivity index (χ4v) is 2.22. The molecule has 0 spiro atoms. The number of benzene rings is 2. The Morgan fingerprint density at radius 1 is 1.17 bits per heavy atom. The molecule has 0 amide bonds. The molecule has 0 fully saturated rings. The van der Waals surface area contributed by atoms with Crippen LogP contribution in [-0.2, 0) is 6.50 Å². The monoisotopic (exact) mass is 282 g/mol. The van der Waals surface area contributed by atoms with Crippen molar-refractivity contribution in [3.8, 4) is 0 Å². The zero-order valence-corrected chi connectivity index (χ0v) is 10.8. The van der Waals surface area contributed by atoms with Crippen LogP contribution in [0.25, 0.3) is 0 Å². The number of hydrogen-bond donors (Lipinski definition) is 1. The van der Waals surface area contributed by atoms with Gasteiger partial charge in [-0.15, -0.1) is 0 Å². The summed E-state index contributed by atoms with van der Waals surface area (Å²) in [6.07, 6.45) is 0. The molecule has 0 saturated carbocycles. The van der Waals surface area contributed by atoms with Gasteiger partial charge in [-0.1, -0.05) is 53.5 Å². The standard InChI is InChI=1S/C15H13Cl2N/c16-14-6-5-10(7-15(14)17)13-9-18-8-11-3-1-2-4-12(11)13/h1-7,13,18H,8-9H2/i8D2,9D2,13D. The first-order chi connectivity index (χ1) is 10.6.